The Balaban J connectivity index is 1.34. The molecule has 6 rings (SSSR count). The number of nitrogens with one attached hydrogen (secondary N) is 1. The molecule has 1 aliphatic rings. The zero-order valence-corrected chi connectivity index (χ0v) is 27.5. The fourth-order valence-electron chi connectivity index (χ4n) is 6.78. The quantitative estimate of drug-likeness (QED) is 0.207. The molecule has 254 valence electrons. The third kappa shape index (κ3) is 6.66. The Morgan fingerprint density at radius 1 is 1.04 bits per heavy atom. The van der Waals surface area contributed by atoms with Gasteiger partial charge < -0.3 is 14.3 Å². The van der Waals surface area contributed by atoms with Crippen molar-refractivity contribution in [3.8, 4) is 28.8 Å². The van der Waals surface area contributed by atoms with Gasteiger partial charge >= 0.3 is 17.9 Å². The number of benzene rings is 2. The molecule has 1 fully saturated rings. The Bertz CT molecular complexity index is 2090. The summed E-state index contributed by atoms with van der Waals surface area (Å²) in [7, 11) is 4.30. The number of aromatic nitrogens is 5. The summed E-state index contributed by atoms with van der Waals surface area (Å²) in [6, 6.07) is 16.1. The molecular weight excluding hydrogens is 637 g/mol. The molecule has 1 amide bonds. The maximum atomic E-state index is 14.1. The molecule has 3 aromatic heterocycles. The molecule has 0 aliphatic heterocycles. The Hall–Kier alpha value is -5.42. The van der Waals surface area contributed by atoms with E-state index >= 15 is 0 Å². The number of halogens is 3. The fourth-order valence-corrected chi connectivity index (χ4v) is 6.78. The second-order valence-electron chi connectivity index (χ2n) is 13.0. The second kappa shape index (κ2) is 12.9. The van der Waals surface area contributed by atoms with Crippen molar-refractivity contribution in [1.29, 1.82) is 5.26 Å². The van der Waals surface area contributed by atoms with Crippen LogP contribution in [0.3, 0.4) is 0 Å². The van der Waals surface area contributed by atoms with Crippen LogP contribution in [0.15, 0.2) is 76.2 Å². The van der Waals surface area contributed by atoms with Crippen LogP contribution in [0.5, 0.6) is 0 Å². The van der Waals surface area contributed by atoms with Crippen molar-refractivity contribution in [3.05, 3.63) is 106 Å². The third-order valence-corrected chi connectivity index (χ3v) is 9.30. The first-order valence-corrected chi connectivity index (χ1v) is 15.9. The molecule has 0 bridgehead atoms. The zero-order valence-electron chi connectivity index (χ0n) is 27.5. The lowest BCUT2D eigenvalue weighted by molar-refractivity contribution is -0.929. The van der Waals surface area contributed by atoms with Crippen LogP contribution in [0.1, 0.15) is 54.0 Å². The summed E-state index contributed by atoms with van der Waals surface area (Å²) in [6.07, 6.45) is -0.126. The minimum absolute atomic E-state index is 0.0302. The summed E-state index contributed by atoms with van der Waals surface area (Å²) < 4.78 is 50.6. The number of amides is 1. The smallest absolute Gasteiger partial charge is 0.361 e. The number of alkyl halides is 3. The molecule has 11 nitrogen and oxygen atoms in total. The fraction of sp³-hybridized carbons (Fsp3) is 0.343. The van der Waals surface area contributed by atoms with Gasteiger partial charge in [0.25, 0.3) is 0 Å². The van der Waals surface area contributed by atoms with Gasteiger partial charge in [0.1, 0.15) is 23.7 Å². The highest BCUT2D eigenvalue weighted by atomic mass is 19.4. The number of imidazole rings is 1. The van der Waals surface area contributed by atoms with Crippen molar-refractivity contribution in [1.82, 2.24) is 29.4 Å². The molecule has 0 spiro atoms. The van der Waals surface area contributed by atoms with Gasteiger partial charge in [-0.25, -0.2) is 18.8 Å². The van der Waals surface area contributed by atoms with Crippen LogP contribution in [0.4, 0.5) is 18.0 Å². The number of nitriles is 1. The van der Waals surface area contributed by atoms with Crippen molar-refractivity contribution in [2.45, 2.75) is 64.3 Å². The zero-order chi connectivity index (χ0) is 35.1. The molecule has 49 heavy (non-hydrogen) atoms. The Labute approximate surface area is 280 Å². The minimum Gasteiger partial charge on any atom is -0.361 e. The lowest BCUT2D eigenvalue weighted by Gasteiger charge is -2.41. The lowest BCUT2D eigenvalue weighted by atomic mass is 9.89. The van der Waals surface area contributed by atoms with E-state index in [0.29, 0.717) is 46.9 Å². The van der Waals surface area contributed by atoms with Crippen LogP contribution in [0.25, 0.3) is 22.8 Å². The van der Waals surface area contributed by atoms with Gasteiger partial charge in [-0.1, -0.05) is 11.2 Å². The number of quaternary nitrogens is 1. The van der Waals surface area contributed by atoms with E-state index in [4.69, 9.17) is 4.52 Å². The monoisotopic (exact) mass is 673 g/mol. The number of carbonyl (C=O) groups is 1. The summed E-state index contributed by atoms with van der Waals surface area (Å²) in [5.74, 6) is 0.758. The number of hydrogen-bond donors (Lipinski definition) is 1. The molecule has 1 N–H and O–H groups in total. The van der Waals surface area contributed by atoms with Gasteiger partial charge in [0, 0.05) is 24.9 Å². The van der Waals surface area contributed by atoms with E-state index in [1.54, 1.807) is 37.3 Å². The SMILES string of the molecule is Cc1cc(C[N+](C)(C)C2CCC(NC(=O)n3c(-c4ccnn4-c4ccc(C#N)cc4)c(C)n(-c4cccc(C(F)(F)F)c4)c3=O)CC2)no1. The number of rotatable bonds is 7. The van der Waals surface area contributed by atoms with Crippen molar-refractivity contribution in [2.75, 3.05) is 14.1 Å². The summed E-state index contributed by atoms with van der Waals surface area (Å²) in [5, 5.41) is 20.8. The van der Waals surface area contributed by atoms with Crippen LogP contribution < -0.4 is 11.0 Å². The first-order valence-electron chi connectivity index (χ1n) is 15.9. The van der Waals surface area contributed by atoms with Crippen LogP contribution in [-0.2, 0) is 12.7 Å². The number of nitrogens with zero attached hydrogens (tertiary/aromatic N) is 7. The van der Waals surface area contributed by atoms with E-state index in [0.717, 1.165) is 45.6 Å². The maximum Gasteiger partial charge on any atom is 0.416 e. The van der Waals surface area contributed by atoms with Crippen LogP contribution >= 0.6 is 0 Å². The van der Waals surface area contributed by atoms with Crippen LogP contribution in [0.2, 0.25) is 0 Å². The Kier molecular flexibility index (Phi) is 8.81. The summed E-state index contributed by atoms with van der Waals surface area (Å²) >= 11 is 0. The first-order chi connectivity index (χ1) is 23.3. The second-order valence-corrected chi connectivity index (χ2v) is 13.0. The summed E-state index contributed by atoms with van der Waals surface area (Å²) in [5.41, 5.74) is 0.905. The summed E-state index contributed by atoms with van der Waals surface area (Å²) in [6.45, 7) is 4.14. The highest BCUT2D eigenvalue weighted by molar-refractivity contribution is 5.83. The molecule has 1 saturated carbocycles. The van der Waals surface area contributed by atoms with E-state index in [1.807, 2.05) is 13.0 Å². The predicted molar refractivity (Wildman–Crippen MR) is 174 cm³/mol. The van der Waals surface area contributed by atoms with Crippen molar-refractivity contribution < 1.29 is 27.0 Å². The maximum absolute atomic E-state index is 14.1. The third-order valence-electron chi connectivity index (χ3n) is 9.30. The molecule has 0 radical (unpaired) electrons. The lowest BCUT2D eigenvalue weighted by Crippen LogP contribution is -2.52. The largest absolute Gasteiger partial charge is 0.416 e. The van der Waals surface area contributed by atoms with Gasteiger partial charge in [-0.05, 0) is 75.2 Å². The molecule has 2 aromatic carbocycles. The van der Waals surface area contributed by atoms with Gasteiger partial charge in [0.2, 0.25) is 0 Å². The number of aryl methyl sites for hydroxylation is 1. The van der Waals surface area contributed by atoms with E-state index < -0.39 is 23.5 Å². The molecule has 1 aliphatic carbocycles. The minimum atomic E-state index is -4.63. The molecule has 14 heteroatoms. The average molecular weight is 674 g/mol. The van der Waals surface area contributed by atoms with Gasteiger partial charge in [-0.2, -0.15) is 23.5 Å². The van der Waals surface area contributed by atoms with Gasteiger partial charge in [-0.3, -0.25) is 4.57 Å². The highest BCUT2D eigenvalue weighted by Gasteiger charge is 2.36. The van der Waals surface area contributed by atoms with Gasteiger partial charge in [0.15, 0.2) is 0 Å². The van der Waals surface area contributed by atoms with E-state index in [9.17, 15) is 28.0 Å². The summed E-state index contributed by atoms with van der Waals surface area (Å²) in [4.78, 5) is 28.2. The molecule has 0 atom stereocenters. The van der Waals surface area contributed by atoms with Gasteiger partial charge in [0.05, 0.1) is 66.3 Å². The van der Waals surface area contributed by atoms with E-state index in [2.05, 4.69) is 35.7 Å². The standard InChI is InChI=1S/C35H35F3N8O3/c1-22-18-27(42-49-22)21-46(3,4)30-14-10-26(11-15-30)41-33(47)44-32(31-16-17-40-45(31)28-12-8-24(20-39)9-13-28)23(2)43(34(44)48)29-7-5-6-25(19-29)35(36,37)38/h5-9,12-13,16-19,26,30H,10-11,14-15,21H2,1-4H3/p+1. The van der Waals surface area contributed by atoms with Crippen molar-refractivity contribution >= 4 is 6.03 Å². The molecule has 5 aromatic rings. The normalized spacial score (nSPS) is 16.8. The first kappa shape index (κ1) is 33.5. The topological polar surface area (TPSA) is 124 Å². The average Bonchev–Trinajstić information content (AvgIpc) is 3.77. The van der Waals surface area contributed by atoms with Gasteiger partial charge in [-0.15, -0.1) is 0 Å². The number of hydrogen-bond acceptors (Lipinski definition) is 6. The number of carbonyl (C=O) groups excluding carboxylic acids is 1. The van der Waals surface area contributed by atoms with Crippen molar-refractivity contribution in [2.24, 2.45) is 0 Å². The van der Waals surface area contributed by atoms with Crippen LogP contribution in [0, 0.1) is 25.2 Å². The van der Waals surface area contributed by atoms with E-state index in [1.165, 1.54) is 23.0 Å². The molecule has 0 unspecified atom stereocenters. The van der Waals surface area contributed by atoms with Crippen molar-refractivity contribution in [3.63, 3.8) is 0 Å². The predicted octanol–water partition coefficient (Wildman–Crippen LogP) is 6.13. The molecular formula is C35H36F3N8O3+. The Morgan fingerprint density at radius 2 is 1.76 bits per heavy atom. The molecule has 3 heterocycles. The van der Waals surface area contributed by atoms with Crippen LogP contribution in [-0.4, -0.2) is 60.8 Å². The van der Waals surface area contributed by atoms with E-state index in [-0.39, 0.29) is 23.1 Å². The Morgan fingerprint density at radius 3 is 2.39 bits per heavy atom. The molecule has 0 saturated heterocycles. The highest BCUT2D eigenvalue weighted by Crippen LogP contribution is 2.33.